The van der Waals surface area contributed by atoms with Gasteiger partial charge in [-0.3, -0.25) is 0 Å². The van der Waals surface area contributed by atoms with E-state index in [0.29, 0.717) is 5.41 Å². The van der Waals surface area contributed by atoms with Crippen molar-refractivity contribution in [1.29, 1.82) is 0 Å². The summed E-state index contributed by atoms with van der Waals surface area (Å²) in [6, 6.07) is 0.916. The molecule has 1 saturated carbocycles. The van der Waals surface area contributed by atoms with Crippen LogP contribution >= 0.6 is 0 Å². The molecule has 1 unspecified atom stereocenters. The molecule has 1 nitrogen and oxygen atoms in total. The second-order valence-electron chi connectivity index (χ2n) is 5.80. The first-order valence-corrected chi connectivity index (χ1v) is 5.18. The lowest BCUT2D eigenvalue weighted by molar-refractivity contribution is 0.119. The van der Waals surface area contributed by atoms with E-state index in [4.69, 9.17) is 0 Å². The van der Waals surface area contributed by atoms with Crippen molar-refractivity contribution >= 4 is 0 Å². The standard InChI is InChI=1S/C11H21N/c1-11(2,3)10-6-9-5-8(10)7-12(9)4/h8-10H,5-7H2,1-4H3/t8-,9-,10?/m0/s1. The maximum absolute atomic E-state index is 2.55. The van der Waals surface area contributed by atoms with Gasteiger partial charge in [0.2, 0.25) is 0 Å². The fraction of sp³-hybridized carbons (Fsp3) is 1.00. The Morgan fingerprint density at radius 1 is 1.17 bits per heavy atom. The molecule has 1 saturated heterocycles. The summed E-state index contributed by atoms with van der Waals surface area (Å²) in [5, 5.41) is 0. The van der Waals surface area contributed by atoms with Crippen LogP contribution in [0.1, 0.15) is 33.6 Å². The van der Waals surface area contributed by atoms with Crippen LogP contribution in [0.4, 0.5) is 0 Å². The van der Waals surface area contributed by atoms with E-state index in [-0.39, 0.29) is 0 Å². The predicted molar refractivity (Wildman–Crippen MR) is 52.1 cm³/mol. The van der Waals surface area contributed by atoms with Crippen LogP contribution in [-0.4, -0.2) is 24.5 Å². The minimum Gasteiger partial charge on any atom is -0.303 e. The molecule has 12 heavy (non-hydrogen) atoms. The first kappa shape index (κ1) is 8.55. The minimum atomic E-state index is 0.542. The minimum absolute atomic E-state index is 0.542. The van der Waals surface area contributed by atoms with E-state index in [1.54, 1.807) is 0 Å². The number of likely N-dealkylation sites (tertiary alicyclic amines) is 1. The molecule has 3 atom stereocenters. The Morgan fingerprint density at radius 3 is 2.17 bits per heavy atom. The van der Waals surface area contributed by atoms with Gasteiger partial charge in [0.05, 0.1) is 0 Å². The van der Waals surface area contributed by atoms with E-state index < -0.39 is 0 Å². The average molecular weight is 167 g/mol. The van der Waals surface area contributed by atoms with Crippen molar-refractivity contribution in [2.45, 2.75) is 39.7 Å². The summed E-state index contributed by atoms with van der Waals surface area (Å²) in [4.78, 5) is 2.55. The molecule has 1 aliphatic heterocycles. The number of hydrogen-bond acceptors (Lipinski definition) is 1. The number of hydrogen-bond donors (Lipinski definition) is 0. The van der Waals surface area contributed by atoms with Gasteiger partial charge in [0.1, 0.15) is 0 Å². The number of piperidine rings is 1. The Kier molecular flexibility index (Phi) is 1.76. The maximum Gasteiger partial charge on any atom is 0.00984 e. The molecule has 70 valence electrons. The van der Waals surface area contributed by atoms with Crippen molar-refractivity contribution in [3.63, 3.8) is 0 Å². The van der Waals surface area contributed by atoms with Crippen LogP contribution in [0.5, 0.6) is 0 Å². The molecule has 0 aromatic heterocycles. The summed E-state index contributed by atoms with van der Waals surface area (Å²) in [6.07, 6.45) is 2.92. The molecule has 0 spiro atoms. The summed E-state index contributed by atoms with van der Waals surface area (Å²) in [5.41, 5.74) is 0.542. The van der Waals surface area contributed by atoms with Crippen molar-refractivity contribution in [2.24, 2.45) is 17.3 Å². The molecule has 1 heterocycles. The van der Waals surface area contributed by atoms with Crippen LogP contribution in [0.2, 0.25) is 0 Å². The van der Waals surface area contributed by atoms with Gasteiger partial charge < -0.3 is 4.90 Å². The zero-order valence-corrected chi connectivity index (χ0v) is 8.80. The first-order chi connectivity index (χ1) is 5.48. The second kappa shape index (κ2) is 2.47. The van der Waals surface area contributed by atoms with Crippen LogP contribution in [0.3, 0.4) is 0 Å². The van der Waals surface area contributed by atoms with E-state index in [1.807, 2.05) is 0 Å². The van der Waals surface area contributed by atoms with E-state index >= 15 is 0 Å². The largest absolute Gasteiger partial charge is 0.303 e. The van der Waals surface area contributed by atoms with Gasteiger partial charge in [0.25, 0.3) is 0 Å². The van der Waals surface area contributed by atoms with Crippen molar-refractivity contribution in [2.75, 3.05) is 13.6 Å². The van der Waals surface area contributed by atoms with Gasteiger partial charge in [-0.05, 0) is 37.1 Å². The highest BCUT2D eigenvalue weighted by Gasteiger charge is 2.46. The topological polar surface area (TPSA) is 3.24 Å². The molecule has 0 aromatic carbocycles. The molecule has 2 bridgehead atoms. The van der Waals surface area contributed by atoms with E-state index in [2.05, 4.69) is 32.7 Å². The third kappa shape index (κ3) is 1.19. The fourth-order valence-corrected chi connectivity index (χ4v) is 3.24. The van der Waals surface area contributed by atoms with Gasteiger partial charge >= 0.3 is 0 Å². The van der Waals surface area contributed by atoms with Crippen LogP contribution in [0.25, 0.3) is 0 Å². The monoisotopic (exact) mass is 167 g/mol. The van der Waals surface area contributed by atoms with E-state index in [9.17, 15) is 0 Å². The SMILES string of the molecule is CN1C[C@@H]2C[C@H]1CC2C(C)(C)C. The van der Waals surface area contributed by atoms with Crippen LogP contribution in [-0.2, 0) is 0 Å². The molecule has 2 aliphatic rings. The average Bonchev–Trinajstić information content (AvgIpc) is 2.41. The summed E-state index contributed by atoms with van der Waals surface area (Å²) < 4.78 is 0. The van der Waals surface area contributed by atoms with Crippen molar-refractivity contribution in [1.82, 2.24) is 4.90 Å². The van der Waals surface area contributed by atoms with Crippen LogP contribution < -0.4 is 0 Å². The first-order valence-electron chi connectivity index (χ1n) is 5.18. The Morgan fingerprint density at radius 2 is 1.83 bits per heavy atom. The molecule has 1 heteroatoms. The zero-order valence-electron chi connectivity index (χ0n) is 8.80. The molecule has 2 fully saturated rings. The second-order valence-corrected chi connectivity index (χ2v) is 5.80. The normalized spacial score (nSPS) is 42.5. The highest BCUT2D eigenvalue weighted by molar-refractivity contribution is 4.99. The molecule has 1 aliphatic carbocycles. The summed E-state index contributed by atoms with van der Waals surface area (Å²) in [6.45, 7) is 8.56. The molecule has 0 radical (unpaired) electrons. The predicted octanol–water partition coefficient (Wildman–Crippen LogP) is 2.37. The van der Waals surface area contributed by atoms with Crippen LogP contribution in [0.15, 0.2) is 0 Å². The molecular formula is C11H21N. The van der Waals surface area contributed by atoms with Gasteiger partial charge in [-0.25, -0.2) is 0 Å². The number of fused-ring (bicyclic) bond motifs is 2. The van der Waals surface area contributed by atoms with E-state index in [0.717, 1.165) is 17.9 Å². The Balaban J connectivity index is 2.08. The summed E-state index contributed by atoms with van der Waals surface area (Å²) in [5.74, 6) is 1.98. The number of nitrogens with zero attached hydrogens (tertiary/aromatic N) is 1. The summed E-state index contributed by atoms with van der Waals surface area (Å²) >= 11 is 0. The zero-order chi connectivity index (χ0) is 8.93. The van der Waals surface area contributed by atoms with Gasteiger partial charge in [-0.2, -0.15) is 0 Å². The fourth-order valence-electron chi connectivity index (χ4n) is 3.24. The van der Waals surface area contributed by atoms with Crippen LogP contribution in [0, 0.1) is 17.3 Å². The highest BCUT2D eigenvalue weighted by Crippen LogP contribution is 2.48. The lowest BCUT2D eigenvalue weighted by atomic mass is 9.74. The van der Waals surface area contributed by atoms with Gasteiger partial charge in [-0.15, -0.1) is 0 Å². The van der Waals surface area contributed by atoms with Gasteiger partial charge in [0.15, 0.2) is 0 Å². The highest BCUT2D eigenvalue weighted by atomic mass is 15.2. The van der Waals surface area contributed by atoms with Crippen molar-refractivity contribution < 1.29 is 0 Å². The lowest BCUT2D eigenvalue weighted by Crippen LogP contribution is -2.36. The third-order valence-electron chi connectivity index (χ3n) is 3.93. The Bertz CT molecular complexity index is 178. The lowest BCUT2D eigenvalue weighted by Gasteiger charge is -2.37. The van der Waals surface area contributed by atoms with Crippen molar-refractivity contribution in [3.05, 3.63) is 0 Å². The maximum atomic E-state index is 2.55. The molecular weight excluding hydrogens is 146 g/mol. The molecule has 0 N–H and O–H groups in total. The third-order valence-corrected chi connectivity index (χ3v) is 3.93. The van der Waals surface area contributed by atoms with Crippen molar-refractivity contribution in [3.8, 4) is 0 Å². The van der Waals surface area contributed by atoms with Gasteiger partial charge in [-0.1, -0.05) is 20.8 Å². The Hall–Kier alpha value is -0.0400. The Labute approximate surface area is 76.1 Å². The molecule has 0 amide bonds. The van der Waals surface area contributed by atoms with E-state index in [1.165, 1.54) is 19.4 Å². The molecule has 0 aromatic rings. The molecule has 2 rings (SSSR count). The number of rotatable bonds is 0. The van der Waals surface area contributed by atoms with Gasteiger partial charge in [0, 0.05) is 12.6 Å². The smallest absolute Gasteiger partial charge is 0.00984 e. The summed E-state index contributed by atoms with van der Waals surface area (Å²) in [7, 11) is 2.28. The quantitative estimate of drug-likeness (QED) is 0.535.